The van der Waals surface area contributed by atoms with E-state index in [4.69, 9.17) is 16.3 Å². The average Bonchev–Trinajstić information content (AvgIpc) is 3.23. The van der Waals surface area contributed by atoms with Gasteiger partial charge in [0.05, 0.1) is 5.38 Å². The summed E-state index contributed by atoms with van der Waals surface area (Å²) in [5, 5.41) is 6.81. The van der Waals surface area contributed by atoms with Crippen molar-refractivity contribution in [2.24, 2.45) is 0 Å². The molecule has 0 bridgehead atoms. The Morgan fingerprint density at radius 1 is 1.11 bits per heavy atom. The number of nitrogens with one attached hydrogen (secondary N) is 3. The summed E-state index contributed by atoms with van der Waals surface area (Å²) in [5.74, 6) is -0.255. The third-order valence-electron chi connectivity index (χ3n) is 6.74. The maximum Gasteiger partial charge on any atom is 0.408 e. The molecule has 1 fully saturated rings. The van der Waals surface area contributed by atoms with Gasteiger partial charge in [0.25, 0.3) is 0 Å². The van der Waals surface area contributed by atoms with Crippen LogP contribution in [0.3, 0.4) is 0 Å². The van der Waals surface area contributed by atoms with Crippen LogP contribution in [-0.4, -0.2) is 40.0 Å². The van der Waals surface area contributed by atoms with E-state index in [0.29, 0.717) is 12.8 Å². The normalized spacial score (nSPS) is 20.5. The maximum absolute atomic E-state index is 13.6. The molecule has 0 aliphatic heterocycles. The molecule has 0 spiro atoms. The molecule has 3 aromatic rings. The Kier molecular flexibility index (Phi) is 8.01. The molecule has 35 heavy (non-hydrogen) atoms. The third-order valence-corrected chi connectivity index (χ3v) is 7.24. The van der Waals surface area contributed by atoms with Crippen LogP contribution in [0, 0.1) is 0 Å². The van der Waals surface area contributed by atoms with Crippen LogP contribution in [0.2, 0.25) is 0 Å². The second-order valence-corrected chi connectivity index (χ2v) is 10.4. The molecule has 3 N–H and O–H groups in total. The number of hydrogen-bond donors (Lipinski definition) is 3. The van der Waals surface area contributed by atoms with Crippen LogP contribution in [0.5, 0.6) is 0 Å². The van der Waals surface area contributed by atoms with Gasteiger partial charge in [-0.05, 0) is 56.7 Å². The lowest BCUT2D eigenvalue weighted by molar-refractivity contribution is -0.127. The molecule has 1 heterocycles. The van der Waals surface area contributed by atoms with Crippen molar-refractivity contribution in [2.75, 3.05) is 0 Å². The Morgan fingerprint density at radius 2 is 1.83 bits per heavy atom. The van der Waals surface area contributed by atoms with Crippen molar-refractivity contribution in [2.45, 2.75) is 75.4 Å². The number of carbonyl (C=O) groups excluding carboxylic acids is 2. The van der Waals surface area contributed by atoms with Crippen molar-refractivity contribution in [3.63, 3.8) is 0 Å². The van der Waals surface area contributed by atoms with Crippen LogP contribution < -0.4 is 10.6 Å². The summed E-state index contributed by atoms with van der Waals surface area (Å²) in [6, 6.07) is 17.8. The lowest BCUT2D eigenvalue weighted by atomic mass is 9.91. The molecule has 1 saturated carbocycles. The molecule has 0 saturated heterocycles. The van der Waals surface area contributed by atoms with E-state index in [1.54, 1.807) is 6.92 Å². The number of para-hydroxylation sites is 1. The van der Waals surface area contributed by atoms with Crippen molar-refractivity contribution in [1.82, 2.24) is 15.6 Å². The number of aromatic amines is 1. The zero-order valence-electron chi connectivity index (χ0n) is 20.4. The monoisotopic (exact) mass is 495 g/mol. The van der Waals surface area contributed by atoms with Gasteiger partial charge in [-0.25, -0.2) is 4.79 Å². The highest BCUT2D eigenvalue weighted by Crippen LogP contribution is 2.27. The van der Waals surface area contributed by atoms with E-state index in [0.717, 1.165) is 47.7 Å². The summed E-state index contributed by atoms with van der Waals surface area (Å²) in [5.41, 5.74) is 1.85. The highest BCUT2D eigenvalue weighted by molar-refractivity contribution is 6.21. The van der Waals surface area contributed by atoms with E-state index < -0.39 is 11.6 Å². The van der Waals surface area contributed by atoms with Crippen molar-refractivity contribution in [3.8, 4) is 0 Å². The number of alkyl halides is 1. The van der Waals surface area contributed by atoms with Crippen molar-refractivity contribution < 1.29 is 14.3 Å². The summed E-state index contributed by atoms with van der Waals surface area (Å²) < 4.78 is 5.69. The van der Waals surface area contributed by atoms with E-state index in [2.05, 4.69) is 15.6 Å². The standard InChI is InChI=1S/C28H34ClN3O3/c1-19(16-20-10-4-3-5-11-20)31-26(33)28(2,17-21-18-30-24-14-8-6-12-22(21)24)32-27(34)35-25-15-9-7-13-23(25)29/h3-6,8,10-12,14,18-19,23,25,30H,7,9,13,15-17H2,1-2H3,(H,31,33)(H,32,34). The third kappa shape index (κ3) is 6.37. The first-order valence-corrected chi connectivity index (χ1v) is 12.8. The summed E-state index contributed by atoms with van der Waals surface area (Å²) >= 11 is 6.40. The number of ether oxygens (including phenoxy) is 1. The predicted octanol–water partition coefficient (Wildman–Crippen LogP) is 5.49. The van der Waals surface area contributed by atoms with Gasteiger partial charge in [0, 0.05) is 29.6 Å². The predicted molar refractivity (Wildman–Crippen MR) is 140 cm³/mol. The van der Waals surface area contributed by atoms with E-state index in [1.807, 2.05) is 67.7 Å². The molecule has 1 aromatic heterocycles. The van der Waals surface area contributed by atoms with Gasteiger partial charge >= 0.3 is 6.09 Å². The number of amides is 2. The van der Waals surface area contributed by atoms with Gasteiger partial charge in [0.15, 0.2) is 0 Å². The smallest absolute Gasteiger partial charge is 0.408 e. The number of carbonyl (C=O) groups is 2. The topological polar surface area (TPSA) is 83.2 Å². The Balaban J connectivity index is 1.51. The fourth-order valence-corrected chi connectivity index (χ4v) is 5.15. The van der Waals surface area contributed by atoms with Gasteiger partial charge in [-0.2, -0.15) is 0 Å². The van der Waals surface area contributed by atoms with Crippen LogP contribution in [-0.2, 0) is 22.4 Å². The van der Waals surface area contributed by atoms with Crippen LogP contribution in [0.25, 0.3) is 10.9 Å². The fourth-order valence-electron chi connectivity index (χ4n) is 4.82. The summed E-state index contributed by atoms with van der Waals surface area (Å²) in [7, 11) is 0. The van der Waals surface area contributed by atoms with Crippen LogP contribution >= 0.6 is 11.6 Å². The number of rotatable bonds is 8. The molecule has 4 atom stereocenters. The van der Waals surface area contributed by atoms with Gasteiger partial charge in [-0.15, -0.1) is 11.6 Å². The van der Waals surface area contributed by atoms with E-state index in [-0.39, 0.29) is 23.4 Å². The zero-order valence-corrected chi connectivity index (χ0v) is 21.1. The second-order valence-electron chi connectivity index (χ2n) is 9.80. The number of benzene rings is 2. The summed E-state index contributed by atoms with van der Waals surface area (Å²) in [4.78, 5) is 29.8. The minimum absolute atomic E-state index is 0.115. The van der Waals surface area contributed by atoms with E-state index in [1.165, 1.54) is 0 Å². The highest BCUT2D eigenvalue weighted by Gasteiger charge is 2.38. The molecular formula is C28H34ClN3O3. The average molecular weight is 496 g/mol. The first kappa shape index (κ1) is 25.1. The van der Waals surface area contributed by atoms with Gasteiger partial charge < -0.3 is 20.4 Å². The van der Waals surface area contributed by atoms with Crippen LogP contribution in [0.4, 0.5) is 4.79 Å². The Bertz CT molecular complexity index is 1150. The summed E-state index contributed by atoms with van der Waals surface area (Å²) in [6.45, 7) is 3.72. The molecule has 2 amide bonds. The molecule has 1 aliphatic rings. The van der Waals surface area contributed by atoms with Gasteiger partial charge in [-0.1, -0.05) is 55.0 Å². The number of hydrogen-bond acceptors (Lipinski definition) is 3. The molecule has 0 radical (unpaired) electrons. The fraction of sp³-hybridized carbons (Fsp3) is 0.429. The first-order valence-electron chi connectivity index (χ1n) is 12.4. The quantitative estimate of drug-likeness (QED) is 0.361. The van der Waals surface area contributed by atoms with Gasteiger partial charge in [-0.3, -0.25) is 4.79 Å². The Labute approximate surface area is 211 Å². The molecule has 186 valence electrons. The lowest BCUT2D eigenvalue weighted by Gasteiger charge is -2.33. The molecule has 6 nitrogen and oxygen atoms in total. The zero-order chi connectivity index (χ0) is 24.8. The van der Waals surface area contributed by atoms with Gasteiger partial charge in [0.2, 0.25) is 5.91 Å². The number of alkyl carbamates (subject to hydrolysis) is 1. The number of aromatic nitrogens is 1. The Morgan fingerprint density at radius 3 is 2.60 bits per heavy atom. The van der Waals surface area contributed by atoms with E-state index in [9.17, 15) is 9.59 Å². The van der Waals surface area contributed by atoms with Crippen molar-refractivity contribution in [1.29, 1.82) is 0 Å². The highest BCUT2D eigenvalue weighted by atomic mass is 35.5. The minimum atomic E-state index is -1.22. The number of halogens is 1. The van der Waals surface area contributed by atoms with Crippen molar-refractivity contribution in [3.05, 3.63) is 71.9 Å². The molecule has 7 heteroatoms. The first-order chi connectivity index (χ1) is 16.8. The molecule has 2 aromatic carbocycles. The van der Waals surface area contributed by atoms with Gasteiger partial charge in [0.1, 0.15) is 11.6 Å². The molecule has 1 aliphatic carbocycles. The Hall–Kier alpha value is -2.99. The van der Waals surface area contributed by atoms with Crippen molar-refractivity contribution >= 4 is 34.5 Å². The summed E-state index contributed by atoms with van der Waals surface area (Å²) in [6.07, 6.45) is 5.51. The molecule has 4 rings (SSSR count). The molecule has 4 unspecified atom stereocenters. The largest absolute Gasteiger partial charge is 0.445 e. The van der Waals surface area contributed by atoms with E-state index >= 15 is 0 Å². The molecular weight excluding hydrogens is 462 g/mol. The number of H-pyrrole nitrogens is 1. The second kappa shape index (κ2) is 11.2. The van der Waals surface area contributed by atoms with Crippen LogP contribution in [0.15, 0.2) is 60.8 Å². The maximum atomic E-state index is 13.6. The SMILES string of the molecule is CC(Cc1ccccc1)NC(=O)C(C)(Cc1c[nH]c2ccccc12)NC(=O)OC1CCCCC1Cl. The minimum Gasteiger partial charge on any atom is -0.445 e. The lowest BCUT2D eigenvalue weighted by Crippen LogP contribution is -2.60. The van der Waals surface area contributed by atoms with Crippen LogP contribution in [0.1, 0.15) is 50.7 Å². The number of fused-ring (bicyclic) bond motifs is 1.